The van der Waals surface area contributed by atoms with Crippen LogP contribution in [0.2, 0.25) is 0 Å². The van der Waals surface area contributed by atoms with Gasteiger partial charge in [0.15, 0.2) is 22.6 Å². The minimum atomic E-state index is 0.359. The summed E-state index contributed by atoms with van der Waals surface area (Å²) in [6, 6.07) is 3.26. The minimum absolute atomic E-state index is 0.359. The van der Waals surface area contributed by atoms with Crippen LogP contribution in [0.5, 0.6) is 17.2 Å². The van der Waals surface area contributed by atoms with Crippen molar-refractivity contribution in [3.8, 4) is 17.2 Å². The lowest BCUT2D eigenvalue weighted by Gasteiger charge is -2.09. The lowest BCUT2D eigenvalue weighted by Crippen LogP contribution is -1.93. The Bertz CT molecular complexity index is 338. The number of hydrogen-bond acceptors (Lipinski definition) is 5. The first-order valence-corrected chi connectivity index (χ1v) is 3.95. The summed E-state index contributed by atoms with van der Waals surface area (Å²) in [5, 5.41) is 2.35. The van der Waals surface area contributed by atoms with Gasteiger partial charge >= 0.3 is 0 Å². The van der Waals surface area contributed by atoms with Crippen LogP contribution in [0.25, 0.3) is 0 Å². The van der Waals surface area contributed by atoms with Gasteiger partial charge in [-0.2, -0.15) is 0 Å². The standard InChI is InChI=1S/C9H11NO4/c1-6-4-8(12-2)9(13-3)5-7(6)14-10-11/h4-5H,1-3H3. The van der Waals surface area contributed by atoms with E-state index in [0.29, 0.717) is 17.2 Å². The number of hydrogen-bond donors (Lipinski definition) is 0. The Morgan fingerprint density at radius 1 is 1.07 bits per heavy atom. The van der Waals surface area contributed by atoms with E-state index in [4.69, 9.17) is 9.47 Å². The molecule has 0 unspecified atom stereocenters. The second-order valence-corrected chi connectivity index (χ2v) is 2.64. The third-order valence-corrected chi connectivity index (χ3v) is 1.82. The largest absolute Gasteiger partial charge is 0.493 e. The molecule has 76 valence electrons. The van der Waals surface area contributed by atoms with Gasteiger partial charge in [-0.25, -0.2) is 0 Å². The molecular weight excluding hydrogens is 186 g/mol. The van der Waals surface area contributed by atoms with Gasteiger partial charge in [-0.1, -0.05) is 0 Å². The van der Waals surface area contributed by atoms with Crippen molar-refractivity contribution in [2.24, 2.45) is 5.34 Å². The number of nitrogens with zero attached hydrogens (tertiary/aromatic N) is 1. The predicted molar refractivity (Wildman–Crippen MR) is 50.7 cm³/mol. The summed E-state index contributed by atoms with van der Waals surface area (Å²) in [4.78, 5) is 14.4. The quantitative estimate of drug-likeness (QED) is 0.547. The lowest BCUT2D eigenvalue weighted by atomic mass is 10.2. The van der Waals surface area contributed by atoms with E-state index in [1.165, 1.54) is 14.2 Å². The highest BCUT2D eigenvalue weighted by atomic mass is 16.7. The van der Waals surface area contributed by atoms with Crippen LogP contribution in [0, 0.1) is 11.8 Å². The Morgan fingerprint density at radius 3 is 2.14 bits per heavy atom. The van der Waals surface area contributed by atoms with E-state index < -0.39 is 0 Å². The maximum Gasteiger partial charge on any atom is 0.168 e. The second kappa shape index (κ2) is 4.45. The first-order chi connectivity index (χ1) is 6.72. The Hall–Kier alpha value is -1.78. The third kappa shape index (κ3) is 1.93. The molecule has 0 N–H and O–H groups in total. The van der Waals surface area contributed by atoms with Crippen molar-refractivity contribution in [2.75, 3.05) is 14.2 Å². The molecule has 0 radical (unpaired) electrons. The SMILES string of the molecule is COc1cc(C)c(ON=O)cc1OC. The number of ether oxygens (including phenoxy) is 2. The van der Waals surface area contributed by atoms with Gasteiger partial charge in [-0.05, 0) is 18.6 Å². The monoisotopic (exact) mass is 197 g/mol. The highest BCUT2D eigenvalue weighted by Gasteiger charge is 2.09. The van der Waals surface area contributed by atoms with Gasteiger partial charge in [0.1, 0.15) is 0 Å². The summed E-state index contributed by atoms with van der Waals surface area (Å²) in [7, 11) is 3.04. The highest BCUT2D eigenvalue weighted by Crippen LogP contribution is 2.34. The summed E-state index contributed by atoms with van der Waals surface area (Å²) in [6.07, 6.45) is 0. The summed E-state index contributed by atoms with van der Waals surface area (Å²) < 4.78 is 10.1. The average molecular weight is 197 g/mol. The second-order valence-electron chi connectivity index (χ2n) is 2.64. The molecule has 5 nitrogen and oxygen atoms in total. The molecule has 1 aromatic rings. The topological polar surface area (TPSA) is 57.1 Å². The normalized spacial score (nSPS) is 9.36. The van der Waals surface area contributed by atoms with Gasteiger partial charge in [0, 0.05) is 6.07 Å². The van der Waals surface area contributed by atoms with Gasteiger partial charge in [-0.15, -0.1) is 4.91 Å². The van der Waals surface area contributed by atoms with Gasteiger partial charge in [0.05, 0.1) is 14.2 Å². The van der Waals surface area contributed by atoms with Crippen LogP contribution in [0.4, 0.5) is 0 Å². The lowest BCUT2D eigenvalue weighted by molar-refractivity contribution is 0.321. The zero-order chi connectivity index (χ0) is 10.6. The van der Waals surface area contributed by atoms with Crippen LogP contribution in [0.15, 0.2) is 17.5 Å². The molecule has 0 fully saturated rings. The van der Waals surface area contributed by atoms with Crippen molar-refractivity contribution in [1.29, 1.82) is 0 Å². The van der Waals surface area contributed by atoms with E-state index in [-0.39, 0.29) is 0 Å². The molecule has 0 aromatic heterocycles. The molecule has 5 heteroatoms. The van der Waals surface area contributed by atoms with Crippen LogP contribution < -0.4 is 14.3 Å². The first-order valence-electron chi connectivity index (χ1n) is 3.95. The molecule has 0 aliphatic carbocycles. The van der Waals surface area contributed by atoms with Crippen molar-refractivity contribution < 1.29 is 14.3 Å². The number of rotatable bonds is 4. The van der Waals surface area contributed by atoms with Gasteiger partial charge in [-0.3, -0.25) is 0 Å². The van der Waals surface area contributed by atoms with Crippen LogP contribution in [0.1, 0.15) is 5.56 Å². The smallest absolute Gasteiger partial charge is 0.168 e. The molecular formula is C9H11NO4. The van der Waals surface area contributed by atoms with E-state index in [1.54, 1.807) is 19.1 Å². The van der Waals surface area contributed by atoms with E-state index in [2.05, 4.69) is 10.2 Å². The zero-order valence-corrected chi connectivity index (χ0v) is 8.23. The molecule has 0 amide bonds. The van der Waals surface area contributed by atoms with Crippen LogP contribution in [0.3, 0.4) is 0 Å². The summed E-state index contributed by atoms with van der Waals surface area (Å²) in [5.74, 6) is 1.44. The average Bonchev–Trinajstić information content (AvgIpc) is 2.20. The Kier molecular flexibility index (Phi) is 3.28. The van der Waals surface area contributed by atoms with E-state index >= 15 is 0 Å². The summed E-state index contributed by atoms with van der Waals surface area (Å²) >= 11 is 0. The van der Waals surface area contributed by atoms with Crippen molar-refractivity contribution in [3.63, 3.8) is 0 Å². The molecule has 1 aromatic carbocycles. The molecule has 0 spiro atoms. The number of methoxy groups -OCH3 is 2. The predicted octanol–water partition coefficient (Wildman–Crippen LogP) is 2.07. The van der Waals surface area contributed by atoms with E-state index in [0.717, 1.165) is 5.56 Å². The molecule has 14 heavy (non-hydrogen) atoms. The third-order valence-electron chi connectivity index (χ3n) is 1.82. The first kappa shape index (κ1) is 10.3. The summed E-state index contributed by atoms with van der Waals surface area (Å²) in [5.41, 5.74) is 0.752. The van der Waals surface area contributed by atoms with Crippen LogP contribution >= 0.6 is 0 Å². The molecule has 0 atom stereocenters. The zero-order valence-electron chi connectivity index (χ0n) is 8.23. The Labute approximate surface area is 81.5 Å². The minimum Gasteiger partial charge on any atom is -0.493 e. The van der Waals surface area contributed by atoms with Gasteiger partial charge in [0.2, 0.25) is 0 Å². The fraction of sp³-hybridized carbons (Fsp3) is 0.333. The maximum atomic E-state index is 9.94. The molecule has 0 saturated heterocycles. The molecule has 1 rings (SSSR count). The molecule has 0 aliphatic rings. The van der Waals surface area contributed by atoms with Crippen LogP contribution in [-0.2, 0) is 0 Å². The fourth-order valence-corrected chi connectivity index (χ4v) is 1.10. The van der Waals surface area contributed by atoms with Crippen molar-refractivity contribution >= 4 is 0 Å². The Morgan fingerprint density at radius 2 is 1.64 bits per heavy atom. The van der Waals surface area contributed by atoms with Gasteiger partial charge in [0.25, 0.3) is 0 Å². The van der Waals surface area contributed by atoms with Gasteiger partial charge < -0.3 is 14.3 Å². The molecule has 0 saturated carbocycles. The van der Waals surface area contributed by atoms with E-state index in [9.17, 15) is 4.91 Å². The molecule has 0 bridgehead atoms. The molecule has 0 aliphatic heterocycles. The summed E-state index contributed by atoms with van der Waals surface area (Å²) in [6.45, 7) is 1.78. The van der Waals surface area contributed by atoms with Crippen molar-refractivity contribution in [1.82, 2.24) is 0 Å². The van der Waals surface area contributed by atoms with Crippen LogP contribution in [-0.4, -0.2) is 14.2 Å². The molecule has 0 heterocycles. The highest BCUT2D eigenvalue weighted by molar-refractivity contribution is 5.50. The van der Waals surface area contributed by atoms with E-state index in [1.807, 2.05) is 0 Å². The number of aryl methyl sites for hydroxylation is 1. The van der Waals surface area contributed by atoms with Crippen molar-refractivity contribution in [3.05, 3.63) is 22.6 Å². The number of benzene rings is 1. The Balaban J connectivity index is 3.15. The maximum absolute atomic E-state index is 9.94. The van der Waals surface area contributed by atoms with Crippen molar-refractivity contribution in [2.45, 2.75) is 6.92 Å². The fourth-order valence-electron chi connectivity index (χ4n) is 1.10.